The zero-order valence-corrected chi connectivity index (χ0v) is 48.5. The number of ketones is 1. The largest absolute Gasteiger partial charge is 0.494 e. The fraction of sp³-hybridized carbons (Fsp3) is 0.178. The van der Waals surface area contributed by atoms with Gasteiger partial charge in [-0.05, 0) is 204 Å². The van der Waals surface area contributed by atoms with Crippen LogP contribution in [0, 0.1) is 0 Å². The number of allylic oxidation sites excluding steroid dienone is 1. The Bertz CT molecular complexity index is 3660. The molecule has 0 spiro atoms. The molecule has 8 aromatic carbocycles. The summed E-state index contributed by atoms with van der Waals surface area (Å²) in [6.07, 6.45) is 7.60. The van der Waals surface area contributed by atoms with Crippen molar-refractivity contribution in [1.29, 1.82) is 0 Å². The molecule has 0 atom stereocenters. The van der Waals surface area contributed by atoms with Gasteiger partial charge in [-0.25, -0.2) is 24.0 Å². The average molecular weight is 1170 g/mol. The number of unbranched alkanes of at least 4 members (excludes halogenated alkanes) is 3. The number of benzene rings is 8. The Labute approximate surface area is 506 Å². The minimum absolute atomic E-state index is 0.142. The molecule has 0 unspecified atom stereocenters. The first-order valence-electron chi connectivity index (χ1n) is 28.7. The van der Waals surface area contributed by atoms with E-state index in [0.29, 0.717) is 100 Å². The standard InChI is InChI=1S/C73H66O14/c1-5-9-45-80-60-31-25-56(26-32-60)71(77)85-64-39-19-52(20-40-64)68(51-17-37-63(38-18-51)84-70(76)55-15-13-50(14-16-55)49-59(74)7-3)69(53-21-41-65(42-22-53)86-72(78)57-27-33-61(34-28-57)81-46-10-6-2)54-23-43-66(44-24-54)87-73(79)58-29-35-62(36-30-58)82-47-11-12-48-83-67(75)8-4/h7-8,13-44H,3-6,9-12,45-49H2,1-2H3/b69-68-. The van der Waals surface area contributed by atoms with E-state index in [1.807, 2.05) is 48.5 Å². The number of ether oxygens (including phenoxy) is 8. The molecule has 0 radical (unpaired) electrons. The molecule has 0 aromatic heterocycles. The van der Waals surface area contributed by atoms with E-state index in [2.05, 4.69) is 27.0 Å². The van der Waals surface area contributed by atoms with Crippen LogP contribution in [0.3, 0.4) is 0 Å². The van der Waals surface area contributed by atoms with E-state index < -0.39 is 29.8 Å². The number of hydrogen-bond donors (Lipinski definition) is 0. The maximum atomic E-state index is 13.5. The second kappa shape index (κ2) is 31.9. The minimum Gasteiger partial charge on any atom is -0.494 e. The number of carbonyl (C=O) groups is 6. The molecule has 0 N–H and O–H groups in total. The zero-order valence-electron chi connectivity index (χ0n) is 48.5. The van der Waals surface area contributed by atoms with Crippen molar-refractivity contribution >= 4 is 46.8 Å². The first-order valence-corrected chi connectivity index (χ1v) is 28.7. The second-order valence-corrected chi connectivity index (χ2v) is 19.9. The third kappa shape index (κ3) is 18.4. The third-order valence-corrected chi connectivity index (χ3v) is 13.5. The van der Waals surface area contributed by atoms with Crippen LogP contribution in [0.4, 0.5) is 0 Å². The molecule has 0 amide bonds. The monoisotopic (exact) mass is 1170 g/mol. The third-order valence-electron chi connectivity index (χ3n) is 13.5. The predicted molar refractivity (Wildman–Crippen MR) is 332 cm³/mol. The summed E-state index contributed by atoms with van der Waals surface area (Å²) in [5.41, 5.74) is 6.10. The summed E-state index contributed by atoms with van der Waals surface area (Å²) in [6.45, 7) is 12.9. The van der Waals surface area contributed by atoms with E-state index >= 15 is 0 Å². The van der Waals surface area contributed by atoms with Gasteiger partial charge in [0.2, 0.25) is 0 Å². The van der Waals surface area contributed by atoms with Crippen molar-refractivity contribution < 1.29 is 66.7 Å². The summed E-state index contributed by atoms with van der Waals surface area (Å²) in [4.78, 5) is 77.2. The molecule has 0 aliphatic heterocycles. The van der Waals surface area contributed by atoms with Gasteiger partial charge in [0.05, 0.1) is 48.7 Å². The normalized spacial score (nSPS) is 11.0. The fourth-order valence-electron chi connectivity index (χ4n) is 8.72. The number of carbonyl (C=O) groups excluding carboxylic acids is 6. The topological polar surface area (TPSA) is 176 Å². The van der Waals surface area contributed by atoms with Crippen LogP contribution in [-0.4, -0.2) is 62.1 Å². The van der Waals surface area contributed by atoms with E-state index in [4.69, 9.17) is 37.9 Å². The van der Waals surface area contributed by atoms with Gasteiger partial charge in [0.1, 0.15) is 40.2 Å². The molecule has 87 heavy (non-hydrogen) atoms. The van der Waals surface area contributed by atoms with Gasteiger partial charge in [-0.1, -0.05) is 101 Å². The zero-order chi connectivity index (χ0) is 61.3. The molecular weight excluding hydrogens is 1100 g/mol. The Morgan fingerprint density at radius 2 is 0.586 bits per heavy atom. The lowest BCUT2D eigenvalue weighted by molar-refractivity contribution is -0.137. The van der Waals surface area contributed by atoms with Crippen molar-refractivity contribution in [2.24, 2.45) is 0 Å². The smallest absolute Gasteiger partial charge is 0.343 e. The van der Waals surface area contributed by atoms with Crippen LogP contribution in [0.5, 0.6) is 40.2 Å². The van der Waals surface area contributed by atoms with Gasteiger partial charge in [-0.3, -0.25) is 4.79 Å². The maximum Gasteiger partial charge on any atom is 0.343 e. The maximum absolute atomic E-state index is 13.5. The molecule has 0 saturated heterocycles. The van der Waals surface area contributed by atoms with Crippen molar-refractivity contribution in [3.05, 3.63) is 270 Å². The van der Waals surface area contributed by atoms with Crippen LogP contribution < -0.4 is 33.2 Å². The Morgan fingerprint density at radius 3 is 0.874 bits per heavy atom. The highest BCUT2D eigenvalue weighted by Crippen LogP contribution is 2.39. The van der Waals surface area contributed by atoms with Gasteiger partial charge in [0, 0.05) is 12.5 Å². The highest BCUT2D eigenvalue weighted by Gasteiger charge is 2.21. The van der Waals surface area contributed by atoms with E-state index in [9.17, 15) is 28.8 Å². The first-order chi connectivity index (χ1) is 42.4. The van der Waals surface area contributed by atoms with Gasteiger partial charge in [0.25, 0.3) is 0 Å². The van der Waals surface area contributed by atoms with Crippen molar-refractivity contribution in [3.63, 3.8) is 0 Å². The van der Waals surface area contributed by atoms with Gasteiger partial charge >= 0.3 is 29.8 Å². The molecule has 14 heteroatoms. The lowest BCUT2D eigenvalue weighted by atomic mass is 9.85. The van der Waals surface area contributed by atoms with E-state index in [0.717, 1.165) is 37.3 Å². The molecule has 442 valence electrons. The lowest BCUT2D eigenvalue weighted by Crippen LogP contribution is -2.09. The Balaban J connectivity index is 1.12. The molecule has 0 fully saturated rings. The summed E-state index contributed by atoms with van der Waals surface area (Å²) < 4.78 is 45.9. The lowest BCUT2D eigenvalue weighted by Gasteiger charge is -2.19. The number of rotatable bonds is 30. The van der Waals surface area contributed by atoms with Crippen LogP contribution >= 0.6 is 0 Å². The van der Waals surface area contributed by atoms with E-state index in [1.54, 1.807) is 146 Å². The molecule has 0 aliphatic rings. The SMILES string of the molecule is C=CC(=O)Cc1ccc(C(=O)Oc2ccc(/C(=C(\c3ccc(OC(=O)c4ccc(OCCCC)cc4)cc3)c3ccc(OC(=O)c4ccc(OCCCCOC(=O)C=C)cc4)cc3)c3ccc(OC(=O)c4ccc(OCCCC)cc4)cc3)cc2)cc1. The van der Waals surface area contributed by atoms with Crippen molar-refractivity contribution in [2.45, 2.75) is 58.8 Å². The second-order valence-electron chi connectivity index (χ2n) is 19.9. The molecule has 14 nitrogen and oxygen atoms in total. The Hall–Kier alpha value is -10.6. The molecule has 0 saturated carbocycles. The highest BCUT2D eigenvalue weighted by molar-refractivity contribution is 6.05. The van der Waals surface area contributed by atoms with Crippen molar-refractivity contribution in [3.8, 4) is 40.2 Å². The van der Waals surface area contributed by atoms with Crippen LogP contribution in [0.25, 0.3) is 11.1 Å². The Morgan fingerprint density at radius 1 is 0.322 bits per heavy atom. The van der Waals surface area contributed by atoms with Crippen molar-refractivity contribution in [1.82, 2.24) is 0 Å². The van der Waals surface area contributed by atoms with Crippen molar-refractivity contribution in [2.75, 3.05) is 26.4 Å². The van der Waals surface area contributed by atoms with Gasteiger partial charge < -0.3 is 37.9 Å². The molecule has 0 bridgehead atoms. The van der Waals surface area contributed by atoms with E-state index in [1.165, 1.54) is 6.08 Å². The predicted octanol–water partition coefficient (Wildman–Crippen LogP) is 15.1. The molecular formula is C73H66O14. The van der Waals surface area contributed by atoms with Gasteiger partial charge in [0.15, 0.2) is 5.78 Å². The fourth-order valence-corrected chi connectivity index (χ4v) is 8.72. The summed E-state index contributed by atoms with van der Waals surface area (Å²) in [5.74, 6) is 0.0355. The summed E-state index contributed by atoms with van der Waals surface area (Å²) in [7, 11) is 0. The highest BCUT2D eigenvalue weighted by atomic mass is 16.6. The van der Waals surface area contributed by atoms with Gasteiger partial charge in [-0.2, -0.15) is 0 Å². The molecule has 8 aromatic rings. The number of esters is 5. The number of hydrogen-bond acceptors (Lipinski definition) is 14. The van der Waals surface area contributed by atoms with Crippen LogP contribution in [-0.2, 0) is 20.7 Å². The van der Waals surface area contributed by atoms with E-state index in [-0.39, 0.29) is 47.4 Å². The molecule has 8 rings (SSSR count). The first kappa shape index (κ1) is 62.4. The van der Waals surface area contributed by atoms with Gasteiger partial charge in [-0.15, -0.1) is 0 Å². The Kier molecular flexibility index (Phi) is 22.9. The van der Waals surface area contributed by atoms with Crippen LogP contribution in [0.2, 0.25) is 0 Å². The van der Waals surface area contributed by atoms with Crippen LogP contribution in [0.1, 0.15) is 122 Å². The quantitative estimate of drug-likeness (QED) is 0.0137. The summed E-state index contributed by atoms with van der Waals surface area (Å²) >= 11 is 0. The minimum atomic E-state index is -0.600. The average Bonchev–Trinajstić information content (AvgIpc) is 1.71. The molecule has 0 heterocycles. The summed E-state index contributed by atoms with van der Waals surface area (Å²) in [6, 6.07) is 54.8. The summed E-state index contributed by atoms with van der Waals surface area (Å²) in [5, 5.41) is 0. The molecule has 0 aliphatic carbocycles. The van der Waals surface area contributed by atoms with Crippen LogP contribution in [0.15, 0.2) is 219 Å².